The number of nitrogens with zero attached hydrogens (tertiary/aromatic N) is 2. The zero-order valence-corrected chi connectivity index (χ0v) is 13.0. The third-order valence-electron chi connectivity index (χ3n) is 3.64. The fraction of sp³-hybridized carbons (Fsp3) is 0.235. The molecule has 2 heterocycles. The highest BCUT2D eigenvalue weighted by Crippen LogP contribution is 2.31. The minimum Gasteiger partial charge on any atom is -0.493 e. The Kier molecular flexibility index (Phi) is 3.87. The number of anilines is 1. The Labute approximate surface area is 129 Å². The lowest BCUT2D eigenvalue weighted by Gasteiger charge is -2.14. The van der Waals surface area contributed by atoms with E-state index in [1.165, 1.54) is 0 Å². The summed E-state index contributed by atoms with van der Waals surface area (Å²) in [5.41, 5.74) is 2.93. The summed E-state index contributed by atoms with van der Waals surface area (Å²) in [5.74, 6) is 2.47. The molecule has 0 radical (unpaired) electrons. The van der Waals surface area contributed by atoms with E-state index in [1.807, 2.05) is 53.9 Å². The molecule has 1 aromatic carbocycles. The Hall–Kier alpha value is -2.69. The van der Waals surface area contributed by atoms with Gasteiger partial charge in [0, 0.05) is 18.3 Å². The minimum atomic E-state index is 0.629. The van der Waals surface area contributed by atoms with Crippen LogP contribution in [0, 0.1) is 6.92 Å². The van der Waals surface area contributed by atoms with Gasteiger partial charge in [-0.2, -0.15) is 0 Å². The van der Waals surface area contributed by atoms with Crippen molar-refractivity contribution in [3.05, 3.63) is 53.9 Å². The summed E-state index contributed by atoms with van der Waals surface area (Å²) in [4.78, 5) is 4.55. The lowest BCUT2D eigenvalue weighted by atomic mass is 10.2. The fourth-order valence-electron chi connectivity index (χ4n) is 2.60. The molecule has 0 fully saturated rings. The van der Waals surface area contributed by atoms with Gasteiger partial charge >= 0.3 is 0 Å². The molecule has 0 saturated heterocycles. The second-order valence-electron chi connectivity index (χ2n) is 4.98. The number of rotatable bonds is 5. The van der Waals surface area contributed by atoms with E-state index in [1.54, 1.807) is 14.2 Å². The predicted molar refractivity (Wildman–Crippen MR) is 86.8 cm³/mol. The molecule has 5 nitrogen and oxygen atoms in total. The molecule has 22 heavy (non-hydrogen) atoms. The number of para-hydroxylation sites is 1. The van der Waals surface area contributed by atoms with Gasteiger partial charge in [-0.25, -0.2) is 4.98 Å². The molecule has 0 aliphatic rings. The van der Waals surface area contributed by atoms with E-state index in [-0.39, 0.29) is 0 Å². The largest absolute Gasteiger partial charge is 0.493 e. The van der Waals surface area contributed by atoms with Crippen molar-refractivity contribution >= 4 is 11.5 Å². The van der Waals surface area contributed by atoms with E-state index < -0.39 is 0 Å². The van der Waals surface area contributed by atoms with E-state index in [0.717, 1.165) is 34.2 Å². The molecule has 3 rings (SSSR count). The molecular weight excluding hydrogens is 278 g/mol. The fourth-order valence-corrected chi connectivity index (χ4v) is 2.60. The molecule has 0 aliphatic carbocycles. The molecule has 0 saturated carbocycles. The topological polar surface area (TPSA) is 47.8 Å². The summed E-state index contributed by atoms with van der Waals surface area (Å²) in [6.45, 7) is 2.63. The minimum absolute atomic E-state index is 0.629. The maximum Gasteiger partial charge on any atom is 0.165 e. The molecule has 0 unspecified atom stereocenters. The van der Waals surface area contributed by atoms with Gasteiger partial charge in [0.05, 0.1) is 19.9 Å². The number of fused-ring (bicyclic) bond motifs is 1. The smallest absolute Gasteiger partial charge is 0.165 e. The lowest BCUT2D eigenvalue weighted by Crippen LogP contribution is -2.05. The maximum absolute atomic E-state index is 5.47. The number of imidazole rings is 1. The number of aromatic nitrogens is 2. The highest BCUT2D eigenvalue weighted by molar-refractivity contribution is 5.56. The standard InChI is InChI=1S/C17H19N3O2/c1-12-17(20-10-5-4-9-15(20)19-12)18-11-13-7-6-8-14(21-2)16(13)22-3/h4-10,18H,11H2,1-3H3. The highest BCUT2D eigenvalue weighted by Gasteiger charge is 2.12. The Morgan fingerprint density at radius 3 is 2.73 bits per heavy atom. The van der Waals surface area contributed by atoms with Crippen molar-refractivity contribution in [1.82, 2.24) is 9.38 Å². The first-order chi connectivity index (χ1) is 10.7. The first-order valence-corrected chi connectivity index (χ1v) is 7.12. The molecule has 1 N–H and O–H groups in total. The summed E-state index contributed by atoms with van der Waals surface area (Å²) in [5, 5.41) is 3.44. The summed E-state index contributed by atoms with van der Waals surface area (Å²) in [7, 11) is 3.30. The third kappa shape index (κ3) is 2.45. The molecule has 2 aromatic heterocycles. The van der Waals surface area contributed by atoms with Gasteiger partial charge in [0.25, 0.3) is 0 Å². The van der Waals surface area contributed by atoms with Gasteiger partial charge in [-0.15, -0.1) is 0 Å². The Morgan fingerprint density at radius 1 is 1.09 bits per heavy atom. The molecule has 114 valence electrons. The second kappa shape index (κ2) is 5.97. The van der Waals surface area contributed by atoms with Gasteiger partial charge in [0.1, 0.15) is 11.5 Å². The number of hydrogen-bond acceptors (Lipinski definition) is 4. The number of aryl methyl sites for hydroxylation is 1. The second-order valence-corrected chi connectivity index (χ2v) is 4.98. The average molecular weight is 297 g/mol. The van der Waals surface area contributed by atoms with Crippen LogP contribution in [0.4, 0.5) is 5.82 Å². The van der Waals surface area contributed by atoms with Crippen molar-refractivity contribution in [3.63, 3.8) is 0 Å². The van der Waals surface area contributed by atoms with Crippen molar-refractivity contribution in [2.45, 2.75) is 13.5 Å². The third-order valence-corrected chi connectivity index (χ3v) is 3.64. The molecule has 3 aromatic rings. The zero-order valence-electron chi connectivity index (χ0n) is 13.0. The van der Waals surface area contributed by atoms with E-state index in [2.05, 4.69) is 10.3 Å². The van der Waals surface area contributed by atoms with Crippen LogP contribution in [0.1, 0.15) is 11.3 Å². The molecule has 0 spiro atoms. The van der Waals surface area contributed by atoms with Crippen LogP contribution in [0.25, 0.3) is 5.65 Å². The van der Waals surface area contributed by atoms with Gasteiger partial charge in [-0.3, -0.25) is 4.40 Å². The monoisotopic (exact) mass is 297 g/mol. The summed E-state index contributed by atoms with van der Waals surface area (Å²) < 4.78 is 12.8. The zero-order chi connectivity index (χ0) is 15.5. The predicted octanol–water partition coefficient (Wildman–Crippen LogP) is 3.27. The van der Waals surface area contributed by atoms with Crippen molar-refractivity contribution in [2.75, 3.05) is 19.5 Å². The van der Waals surface area contributed by atoms with Gasteiger partial charge in [0.2, 0.25) is 0 Å². The molecule has 0 bridgehead atoms. The quantitative estimate of drug-likeness (QED) is 0.785. The van der Waals surface area contributed by atoms with E-state index >= 15 is 0 Å². The first-order valence-electron chi connectivity index (χ1n) is 7.12. The van der Waals surface area contributed by atoms with Crippen LogP contribution in [0.3, 0.4) is 0 Å². The lowest BCUT2D eigenvalue weighted by molar-refractivity contribution is 0.352. The van der Waals surface area contributed by atoms with Crippen LogP contribution in [0.15, 0.2) is 42.6 Å². The van der Waals surface area contributed by atoms with Gasteiger partial charge in [0.15, 0.2) is 11.5 Å². The number of nitrogens with one attached hydrogen (secondary N) is 1. The Bertz CT molecular complexity index is 796. The molecular formula is C17H19N3O2. The number of pyridine rings is 1. The number of ether oxygens (including phenoxy) is 2. The Morgan fingerprint density at radius 2 is 1.95 bits per heavy atom. The molecule has 5 heteroatoms. The van der Waals surface area contributed by atoms with E-state index in [4.69, 9.17) is 9.47 Å². The van der Waals surface area contributed by atoms with Crippen LogP contribution >= 0.6 is 0 Å². The van der Waals surface area contributed by atoms with E-state index in [9.17, 15) is 0 Å². The number of methoxy groups -OCH3 is 2. The van der Waals surface area contributed by atoms with Gasteiger partial charge < -0.3 is 14.8 Å². The van der Waals surface area contributed by atoms with Crippen LogP contribution in [0.2, 0.25) is 0 Å². The average Bonchev–Trinajstić information content (AvgIpc) is 2.87. The SMILES string of the molecule is COc1cccc(CNc2c(C)nc3ccccn23)c1OC. The van der Waals surface area contributed by atoms with Crippen LogP contribution < -0.4 is 14.8 Å². The summed E-state index contributed by atoms with van der Waals surface area (Å²) in [6.07, 6.45) is 2.00. The number of hydrogen-bond donors (Lipinski definition) is 1. The van der Waals surface area contributed by atoms with Gasteiger partial charge in [-0.05, 0) is 25.1 Å². The maximum atomic E-state index is 5.47. The summed E-state index contributed by atoms with van der Waals surface area (Å²) >= 11 is 0. The van der Waals surface area contributed by atoms with Crippen molar-refractivity contribution in [1.29, 1.82) is 0 Å². The first kappa shape index (κ1) is 14.3. The van der Waals surface area contributed by atoms with Crippen LogP contribution in [-0.2, 0) is 6.54 Å². The van der Waals surface area contributed by atoms with Crippen molar-refractivity contribution in [2.24, 2.45) is 0 Å². The molecule has 0 amide bonds. The number of benzene rings is 1. The molecule has 0 atom stereocenters. The van der Waals surface area contributed by atoms with Crippen LogP contribution in [-0.4, -0.2) is 23.6 Å². The van der Waals surface area contributed by atoms with Gasteiger partial charge in [-0.1, -0.05) is 18.2 Å². The summed E-state index contributed by atoms with van der Waals surface area (Å²) in [6, 6.07) is 11.8. The molecule has 0 aliphatic heterocycles. The normalized spacial score (nSPS) is 10.7. The van der Waals surface area contributed by atoms with E-state index in [0.29, 0.717) is 6.54 Å². The van der Waals surface area contributed by atoms with Crippen molar-refractivity contribution < 1.29 is 9.47 Å². The van der Waals surface area contributed by atoms with Crippen LogP contribution in [0.5, 0.6) is 11.5 Å². The van der Waals surface area contributed by atoms with Crippen molar-refractivity contribution in [3.8, 4) is 11.5 Å². The highest BCUT2D eigenvalue weighted by atomic mass is 16.5. The Balaban J connectivity index is 1.90.